The molecule has 10 heteroatoms. The summed E-state index contributed by atoms with van der Waals surface area (Å²) in [5.74, 6) is 1.39. The van der Waals surface area contributed by atoms with Gasteiger partial charge in [0.1, 0.15) is 15.7 Å². The van der Waals surface area contributed by atoms with Crippen LogP contribution in [0.4, 0.5) is 5.69 Å². The van der Waals surface area contributed by atoms with Gasteiger partial charge in [0, 0.05) is 17.7 Å². The van der Waals surface area contributed by atoms with Crippen molar-refractivity contribution in [2.75, 3.05) is 10.3 Å². The maximum absolute atomic E-state index is 13.7. The second-order valence-corrected chi connectivity index (χ2v) is 14.2. The summed E-state index contributed by atoms with van der Waals surface area (Å²) in [6.07, 6.45) is 0.782. The van der Waals surface area contributed by atoms with Gasteiger partial charge in [-0.3, -0.25) is 4.99 Å². The fourth-order valence-electron chi connectivity index (χ4n) is 4.63. The number of benzene rings is 4. The quantitative estimate of drug-likeness (QED) is 0.202. The largest absolute Gasteiger partial charge is 0.457 e. The number of hydrogen-bond donors (Lipinski definition) is 0. The Kier molecular flexibility index (Phi) is 7.21. The number of sulfonamides is 2. The third-order valence-corrected chi connectivity index (χ3v) is 12.1. The maximum atomic E-state index is 13.7. The van der Waals surface area contributed by atoms with Crippen molar-refractivity contribution in [1.82, 2.24) is 0 Å². The molecule has 0 amide bonds. The molecule has 0 N–H and O–H groups in total. The molecular weight excluding hydrogens is 577 g/mol. The van der Waals surface area contributed by atoms with E-state index in [-0.39, 0.29) is 14.8 Å². The van der Waals surface area contributed by atoms with Gasteiger partial charge in [-0.25, -0.2) is 8.42 Å². The van der Waals surface area contributed by atoms with E-state index in [2.05, 4.69) is 0 Å². The van der Waals surface area contributed by atoms with Gasteiger partial charge in [0.15, 0.2) is 0 Å². The van der Waals surface area contributed by atoms with E-state index in [0.29, 0.717) is 16.0 Å². The lowest BCUT2D eigenvalue weighted by Gasteiger charge is -2.24. The molecule has 4 aromatic carbocycles. The molecule has 2 heterocycles. The molecule has 0 saturated carbocycles. The van der Waals surface area contributed by atoms with E-state index in [1.807, 2.05) is 48.5 Å². The highest BCUT2D eigenvalue weighted by Crippen LogP contribution is 2.34. The summed E-state index contributed by atoms with van der Waals surface area (Å²) in [6.45, 7) is 0.601. The molecule has 0 saturated heterocycles. The molecule has 5 aromatic rings. The van der Waals surface area contributed by atoms with E-state index in [1.54, 1.807) is 41.8 Å². The summed E-state index contributed by atoms with van der Waals surface area (Å²) in [7, 11) is -8.88. The van der Waals surface area contributed by atoms with Crippen LogP contribution in [-0.4, -0.2) is 29.1 Å². The molecule has 0 spiro atoms. The first kappa shape index (κ1) is 26.9. The van der Waals surface area contributed by atoms with Gasteiger partial charge >= 0.3 is 0 Å². The predicted octanol–water partition coefficient (Wildman–Crippen LogP) is 6.52. The Hall–Kier alpha value is -4.25. The Morgan fingerprint density at radius 2 is 1.41 bits per heavy atom. The van der Waals surface area contributed by atoms with Crippen molar-refractivity contribution in [3.63, 3.8) is 0 Å². The molecule has 0 bridgehead atoms. The van der Waals surface area contributed by atoms with Crippen LogP contribution in [0.3, 0.4) is 0 Å². The smallest absolute Gasteiger partial charge is 0.287 e. The minimum Gasteiger partial charge on any atom is -0.457 e. The molecule has 0 aliphatic carbocycles. The van der Waals surface area contributed by atoms with Crippen LogP contribution in [0.25, 0.3) is 0 Å². The minimum absolute atomic E-state index is 0.00352. The number of nitrogens with zero attached hydrogens (tertiary/aromatic N) is 2. The van der Waals surface area contributed by atoms with Crippen LogP contribution in [0.2, 0.25) is 0 Å². The van der Waals surface area contributed by atoms with Gasteiger partial charge in [0.25, 0.3) is 20.0 Å². The van der Waals surface area contributed by atoms with Gasteiger partial charge in [-0.1, -0.05) is 60.7 Å². The summed E-state index contributed by atoms with van der Waals surface area (Å²) in [6, 6.07) is 32.3. The van der Waals surface area contributed by atoms with E-state index in [1.165, 1.54) is 30.3 Å². The monoisotopic (exact) mass is 600 g/mol. The number of aliphatic imine (C=N–C) groups is 1. The second kappa shape index (κ2) is 11.0. The van der Waals surface area contributed by atoms with Crippen LogP contribution >= 0.6 is 11.3 Å². The van der Waals surface area contributed by atoms with Gasteiger partial charge in [0.05, 0.1) is 16.3 Å². The average molecular weight is 601 g/mol. The van der Waals surface area contributed by atoms with Crippen LogP contribution in [0, 0.1) is 0 Å². The highest BCUT2D eigenvalue weighted by atomic mass is 32.3. The number of fused-ring (bicyclic) bond motifs is 1. The molecule has 1 aliphatic rings. The van der Waals surface area contributed by atoms with Crippen LogP contribution in [0.15, 0.2) is 135 Å². The van der Waals surface area contributed by atoms with Crippen molar-refractivity contribution in [3.05, 3.63) is 137 Å². The molecule has 1 aromatic heterocycles. The first-order valence-corrected chi connectivity index (χ1v) is 16.5. The zero-order valence-electron chi connectivity index (χ0n) is 21.6. The lowest BCUT2D eigenvalue weighted by Crippen LogP contribution is -2.36. The fraction of sp³-hybridized carbons (Fsp3) is 0.0645. The summed E-state index contributed by atoms with van der Waals surface area (Å²) >= 11 is 0.959. The standard InChI is InChI=1S/C31H24N2O5S3/c34-40(35,28-10-5-2-6-11-28)33(41(36,37)30-12-7-21-39-30)25-16-13-24(14-17-25)31-29-22-27(18-15-23(29)19-20-32-31)38-26-8-3-1-4-9-26/h1-18,21-22H,19-20H2. The van der Waals surface area contributed by atoms with E-state index in [9.17, 15) is 16.8 Å². The predicted molar refractivity (Wildman–Crippen MR) is 161 cm³/mol. The summed E-state index contributed by atoms with van der Waals surface area (Å²) < 4.78 is 61.3. The number of hydrogen-bond acceptors (Lipinski definition) is 7. The van der Waals surface area contributed by atoms with E-state index < -0.39 is 20.0 Å². The van der Waals surface area contributed by atoms with Gasteiger partial charge in [-0.05, 0) is 72.0 Å². The number of thiophene rings is 1. The Morgan fingerprint density at radius 1 is 0.707 bits per heavy atom. The SMILES string of the molecule is O=S(=O)(c1ccccc1)N(c1ccc(C2=NCCc3ccc(Oc4ccccc4)cc32)cc1)S(=O)(=O)c1cccs1. The van der Waals surface area contributed by atoms with E-state index in [4.69, 9.17) is 9.73 Å². The highest BCUT2D eigenvalue weighted by molar-refractivity contribution is 8.11. The van der Waals surface area contributed by atoms with Crippen molar-refractivity contribution < 1.29 is 21.6 Å². The first-order chi connectivity index (χ1) is 19.8. The van der Waals surface area contributed by atoms with Crippen LogP contribution in [0.1, 0.15) is 16.7 Å². The molecule has 7 nitrogen and oxygen atoms in total. The van der Waals surface area contributed by atoms with Gasteiger partial charge < -0.3 is 4.74 Å². The molecule has 41 heavy (non-hydrogen) atoms. The number of rotatable bonds is 8. The fourth-order valence-corrected chi connectivity index (χ4v) is 9.53. The van der Waals surface area contributed by atoms with Crippen molar-refractivity contribution in [2.24, 2.45) is 4.99 Å². The number of ether oxygens (including phenoxy) is 1. The van der Waals surface area contributed by atoms with E-state index >= 15 is 0 Å². The van der Waals surface area contributed by atoms with Crippen molar-refractivity contribution in [1.29, 1.82) is 0 Å². The van der Waals surface area contributed by atoms with Gasteiger partial charge in [-0.2, -0.15) is 12.1 Å². The Balaban J connectivity index is 1.38. The van der Waals surface area contributed by atoms with Gasteiger partial charge in [0.2, 0.25) is 0 Å². The average Bonchev–Trinajstić information content (AvgIpc) is 3.55. The third-order valence-electron chi connectivity index (χ3n) is 6.54. The molecule has 0 fully saturated rings. The molecule has 1 aliphatic heterocycles. The summed E-state index contributed by atoms with van der Waals surface area (Å²) in [5, 5.41) is 1.59. The molecule has 6 rings (SSSR count). The third kappa shape index (κ3) is 5.29. The van der Waals surface area contributed by atoms with Crippen LogP contribution < -0.4 is 8.45 Å². The molecule has 206 valence electrons. The topological polar surface area (TPSA) is 93.1 Å². The molecular formula is C31H24N2O5S3. The summed E-state index contributed by atoms with van der Waals surface area (Å²) in [4.78, 5) is 4.64. The molecule has 0 unspecified atom stereocenters. The minimum atomic E-state index is -4.45. The Morgan fingerprint density at radius 3 is 2.10 bits per heavy atom. The molecule has 0 radical (unpaired) electrons. The Bertz CT molecular complexity index is 1920. The van der Waals surface area contributed by atoms with Crippen molar-refractivity contribution in [2.45, 2.75) is 15.5 Å². The lowest BCUT2D eigenvalue weighted by molar-refractivity contribution is 0.482. The highest BCUT2D eigenvalue weighted by Gasteiger charge is 2.37. The number of para-hydroxylation sites is 1. The van der Waals surface area contributed by atoms with Crippen molar-refractivity contribution >= 4 is 42.8 Å². The Labute approximate surface area is 243 Å². The lowest BCUT2D eigenvalue weighted by atomic mass is 9.93. The van der Waals surface area contributed by atoms with Gasteiger partial charge in [-0.15, -0.1) is 11.3 Å². The van der Waals surface area contributed by atoms with Crippen LogP contribution in [0.5, 0.6) is 11.5 Å². The molecule has 0 atom stereocenters. The van der Waals surface area contributed by atoms with E-state index in [0.717, 1.165) is 45.9 Å². The summed E-state index contributed by atoms with van der Waals surface area (Å²) in [5.41, 5.74) is 3.50. The number of anilines is 1. The second-order valence-electron chi connectivity index (χ2n) is 9.21. The normalized spacial score (nSPS) is 13.2. The zero-order valence-corrected chi connectivity index (χ0v) is 24.1. The maximum Gasteiger partial charge on any atom is 0.287 e. The zero-order chi connectivity index (χ0) is 28.5. The van der Waals surface area contributed by atoms with Crippen LogP contribution in [-0.2, 0) is 26.5 Å². The van der Waals surface area contributed by atoms with Crippen molar-refractivity contribution in [3.8, 4) is 11.5 Å². The first-order valence-electron chi connectivity index (χ1n) is 12.7.